The number of epoxide rings is 1. The molecule has 2 saturated heterocycles. The molecule has 2 heteroatoms. The number of hydrogen-bond donors (Lipinski definition) is 0. The van der Waals surface area contributed by atoms with Crippen molar-refractivity contribution in [1.29, 1.82) is 0 Å². The van der Waals surface area contributed by atoms with Crippen LogP contribution in [0.5, 0.6) is 0 Å². The zero-order chi connectivity index (χ0) is 7.26. The van der Waals surface area contributed by atoms with E-state index in [1.54, 1.807) is 0 Å². The maximum absolute atomic E-state index is 5.47. The number of likely N-dealkylation sites (tertiary alicyclic amines) is 1. The lowest BCUT2D eigenvalue weighted by Crippen LogP contribution is -2.35. The topological polar surface area (TPSA) is 15.8 Å². The minimum atomic E-state index is 0.627. The van der Waals surface area contributed by atoms with Gasteiger partial charge in [-0.1, -0.05) is 0 Å². The highest BCUT2D eigenvalue weighted by Gasteiger charge is 2.43. The summed E-state index contributed by atoms with van der Waals surface area (Å²) in [5, 5.41) is 0. The molecule has 0 amide bonds. The third kappa shape index (κ3) is 1.30. The van der Waals surface area contributed by atoms with Crippen molar-refractivity contribution in [3.63, 3.8) is 0 Å². The highest BCUT2D eigenvalue weighted by molar-refractivity contribution is 4.93. The Morgan fingerprint density at radius 3 is 2.82 bits per heavy atom. The maximum Gasteiger partial charge on any atom is 0.0968 e. The van der Waals surface area contributed by atoms with Gasteiger partial charge in [0.25, 0.3) is 0 Å². The molecule has 1 saturated carbocycles. The minimum Gasteiger partial charge on any atom is -0.368 e. The van der Waals surface area contributed by atoms with Gasteiger partial charge in [0.05, 0.1) is 12.2 Å². The van der Waals surface area contributed by atoms with Gasteiger partial charge in [0.2, 0.25) is 0 Å². The van der Waals surface area contributed by atoms with Crippen LogP contribution >= 0.6 is 0 Å². The van der Waals surface area contributed by atoms with Crippen LogP contribution in [0, 0.1) is 5.92 Å². The van der Waals surface area contributed by atoms with Crippen molar-refractivity contribution < 1.29 is 4.74 Å². The highest BCUT2D eigenvalue weighted by Crippen LogP contribution is 2.34. The van der Waals surface area contributed by atoms with Gasteiger partial charge in [0.1, 0.15) is 0 Å². The van der Waals surface area contributed by atoms with E-state index in [9.17, 15) is 0 Å². The molecule has 0 bridgehead atoms. The van der Waals surface area contributed by atoms with Gasteiger partial charge in [-0.15, -0.1) is 0 Å². The Bertz CT molecular complexity index is 165. The predicted octanol–water partition coefficient (Wildman–Crippen LogP) is 0.869. The zero-order valence-corrected chi connectivity index (χ0v) is 6.83. The number of hydrogen-bond acceptors (Lipinski definition) is 2. The second-order valence-electron chi connectivity index (χ2n) is 4.20. The summed E-state index contributed by atoms with van der Waals surface area (Å²) < 4.78 is 5.47. The largest absolute Gasteiger partial charge is 0.368 e. The fraction of sp³-hybridized carbons (Fsp3) is 1.00. The summed E-state index contributed by atoms with van der Waals surface area (Å²) in [5.41, 5.74) is 0. The summed E-state index contributed by atoms with van der Waals surface area (Å²) in [6.07, 6.45) is 5.53. The highest BCUT2D eigenvalue weighted by atomic mass is 16.6. The summed E-state index contributed by atoms with van der Waals surface area (Å²) >= 11 is 0. The molecule has 1 aliphatic carbocycles. The molecule has 2 nitrogen and oxygen atoms in total. The van der Waals surface area contributed by atoms with Crippen LogP contribution in [0.15, 0.2) is 0 Å². The average Bonchev–Trinajstić information content (AvgIpc) is 2.78. The quantitative estimate of drug-likeness (QED) is 0.547. The SMILES string of the molecule is C1CC1CN1CC[C@H]2O[C@H]2C1. The lowest BCUT2D eigenvalue weighted by Gasteiger charge is -2.23. The molecule has 3 rings (SSSR count). The second-order valence-corrected chi connectivity index (χ2v) is 4.20. The summed E-state index contributed by atoms with van der Waals surface area (Å²) in [7, 11) is 0. The fourth-order valence-corrected chi connectivity index (χ4v) is 2.08. The lowest BCUT2D eigenvalue weighted by atomic mass is 10.1. The Morgan fingerprint density at radius 1 is 1.18 bits per heavy atom. The van der Waals surface area contributed by atoms with Gasteiger partial charge in [-0.3, -0.25) is 0 Å². The summed E-state index contributed by atoms with van der Waals surface area (Å²) in [4.78, 5) is 2.59. The molecule has 2 atom stereocenters. The monoisotopic (exact) mass is 153 g/mol. The van der Waals surface area contributed by atoms with Crippen molar-refractivity contribution in [2.75, 3.05) is 19.6 Å². The smallest absolute Gasteiger partial charge is 0.0968 e. The van der Waals surface area contributed by atoms with Crippen LogP contribution < -0.4 is 0 Å². The van der Waals surface area contributed by atoms with Crippen LogP contribution in [-0.2, 0) is 4.74 Å². The lowest BCUT2D eigenvalue weighted by molar-refractivity contribution is 0.236. The predicted molar refractivity (Wildman–Crippen MR) is 42.4 cm³/mol. The van der Waals surface area contributed by atoms with E-state index in [1.165, 1.54) is 38.9 Å². The molecule has 0 aromatic heterocycles. The molecule has 0 spiro atoms. The Morgan fingerprint density at radius 2 is 2.09 bits per heavy atom. The van der Waals surface area contributed by atoms with Crippen molar-refractivity contribution in [2.45, 2.75) is 31.5 Å². The molecule has 2 heterocycles. The normalized spacial score (nSPS) is 43.6. The van der Waals surface area contributed by atoms with Gasteiger partial charge >= 0.3 is 0 Å². The number of fused-ring (bicyclic) bond motifs is 1. The summed E-state index contributed by atoms with van der Waals surface area (Å²) in [5.74, 6) is 1.05. The van der Waals surface area contributed by atoms with E-state index in [1.807, 2.05) is 0 Å². The van der Waals surface area contributed by atoms with E-state index in [-0.39, 0.29) is 0 Å². The average molecular weight is 153 g/mol. The first-order valence-electron chi connectivity index (χ1n) is 4.79. The van der Waals surface area contributed by atoms with Crippen LogP contribution in [0.2, 0.25) is 0 Å². The van der Waals surface area contributed by atoms with Crippen LogP contribution in [0.3, 0.4) is 0 Å². The van der Waals surface area contributed by atoms with Crippen LogP contribution in [0.4, 0.5) is 0 Å². The molecular weight excluding hydrogens is 138 g/mol. The number of rotatable bonds is 2. The van der Waals surface area contributed by atoms with Gasteiger partial charge in [-0.25, -0.2) is 0 Å². The van der Waals surface area contributed by atoms with Gasteiger partial charge in [-0.05, 0) is 25.2 Å². The van der Waals surface area contributed by atoms with E-state index < -0.39 is 0 Å². The van der Waals surface area contributed by atoms with E-state index >= 15 is 0 Å². The Balaban J connectivity index is 1.52. The van der Waals surface area contributed by atoms with E-state index in [2.05, 4.69) is 4.90 Å². The first kappa shape index (κ1) is 6.44. The number of ether oxygens (including phenoxy) is 1. The van der Waals surface area contributed by atoms with Crippen LogP contribution in [-0.4, -0.2) is 36.7 Å². The zero-order valence-electron chi connectivity index (χ0n) is 6.83. The molecule has 0 N–H and O–H groups in total. The molecule has 3 fully saturated rings. The standard InChI is InChI=1S/C9H15NO/c1-2-7(1)5-10-4-3-8-9(6-10)11-8/h7-9H,1-6H2/t8-,9+/m1/s1. The molecular formula is C9H15NO. The van der Waals surface area contributed by atoms with Crippen LogP contribution in [0.1, 0.15) is 19.3 Å². The van der Waals surface area contributed by atoms with Crippen molar-refractivity contribution in [2.24, 2.45) is 5.92 Å². The van der Waals surface area contributed by atoms with E-state index in [0.717, 1.165) is 5.92 Å². The molecule has 0 radical (unpaired) electrons. The molecule has 62 valence electrons. The Kier molecular flexibility index (Phi) is 1.29. The molecule has 0 aromatic carbocycles. The fourth-order valence-electron chi connectivity index (χ4n) is 2.08. The molecule has 2 aliphatic heterocycles. The van der Waals surface area contributed by atoms with Crippen molar-refractivity contribution in [3.05, 3.63) is 0 Å². The maximum atomic E-state index is 5.47. The third-order valence-electron chi connectivity index (χ3n) is 3.07. The number of nitrogens with zero attached hydrogens (tertiary/aromatic N) is 1. The van der Waals surface area contributed by atoms with Crippen molar-refractivity contribution in [1.82, 2.24) is 4.90 Å². The van der Waals surface area contributed by atoms with Gasteiger partial charge < -0.3 is 9.64 Å². The van der Waals surface area contributed by atoms with Crippen molar-refractivity contribution in [3.8, 4) is 0 Å². The molecule has 3 aliphatic rings. The summed E-state index contributed by atoms with van der Waals surface area (Å²) in [6.45, 7) is 3.87. The van der Waals surface area contributed by atoms with Gasteiger partial charge in [0, 0.05) is 19.6 Å². The first-order chi connectivity index (χ1) is 5.42. The van der Waals surface area contributed by atoms with E-state index in [0.29, 0.717) is 12.2 Å². The Labute approximate surface area is 67.5 Å². The van der Waals surface area contributed by atoms with Crippen LogP contribution in [0.25, 0.3) is 0 Å². The molecule has 0 aromatic rings. The second kappa shape index (κ2) is 2.20. The van der Waals surface area contributed by atoms with Crippen molar-refractivity contribution >= 4 is 0 Å². The third-order valence-corrected chi connectivity index (χ3v) is 3.07. The van der Waals surface area contributed by atoms with E-state index in [4.69, 9.17) is 4.74 Å². The molecule has 0 unspecified atom stereocenters. The Hall–Kier alpha value is -0.0800. The molecule has 11 heavy (non-hydrogen) atoms. The van der Waals surface area contributed by atoms with Gasteiger partial charge in [-0.2, -0.15) is 0 Å². The number of piperidine rings is 1. The summed E-state index contributed by atoms with van der Waals surface area (Å²) in [6, 6.07) is 0. The minimum absolute atomic E-state index is 0.627. The first-order valence-corrected chi connectivity index (χ1v) is 4.79. The van der Waals surface area contributed by atoms with Gasteiger partial charge in [0.15, 0.2) is 0 Å².